The van der Waals surface area contributed by atoms with E-state index in [4.69, 9.17) is 0 Å². The maximum atomic E-state index is 11.3. The Bertz CT molecular complexity index is 431. The van der Waals surface area contributed by atoms with E-state index in [1.54, 1.807) is 0 Å². The summed E-state index contributed by atoms with van der Waals surface area (Å²) in [6.07, 6.45) is 5.77. The molecule has 0 amide bonds. The van der Waals surface area contributed by atoms with Crippen LogP contribution < -0.4 is 5.32 Å². The number of unbranched alkanes of at least 4 members (excludes halogenated alkanes) is 1. The summed E-state index contributed by atoms with van der Waals surface area (Å²) in [7, 11) is 0. The van der Waals surface area contributed by atoms with Crippen molar-refractivity contribution in [3.8, 4) is 0 Å². The highest BCUT2D eigenvalue weighted by Gasteiger charge is 2.24. The molecule has 0 heterocycles. The van der Waals surface area contributed by atoms with E-state index in [9.17, 15) is 9.90 Å². The van der Waals surface area contributed by atoms with E-state index in [0.29, 0.717) is 6.04 Å². The lowest BCUT2D eigenvalue weighted by Crippen LogP contribution is -2.45. The number of benzene rings is 1. The normalized spacial score (nSPS) is 19.7. The fraction of sp³-hybridized carbons (Fsp3) is 0.562. The first kappa shape index (κ1) is 14.1. The lowest BCUT2D eigenvalue weighted by molar-refractivity contribution is -0.140. The van der Waals surface area contributed by atoms with Crippen molar-refractivity contribution in [3.63, 3.8) is 0 Å². The standard InChI is InChI=1S/C16H23NO2/c1-2-3-8-15(16(18)19)17-14-10-9-12-6-4-5-7-13(12)11-14/h4-7,14-15,17H,2-3,8-11H2,1H3,(H,18,19). The molecule has 19 heavy (non-hydrogen) atoms. The summed E-state index contributed by atoms with van der Waals surface area (Å²) in [5, 5.41) is 12.6. The third kappa shape index (κ3) is 3.80. The molecule has 0 spiro atoms. The smallest absolute Gasteiger partial charge is 0.320 e. The highest BCUT2D eigenvalue weighted by atomic mass is 16.4. The maximum Gasteiger partial charge on any atom is 0.320 e. The minimum atomic E-state index is -0.715. The van der Waals surface area contributed by atoms with Crippen LogP contribution in [0.2, 0.25) is 0 Å². The first-order chi connectivity index (χ1) is 9.20. The van der Waals surface area contributed by atoms with Gasteiger partial charge in [-0.1, -0.05) is 44.0 Å². The van der Waals surface area contributed by atoms with Gasteiger partial charge in [0, 0.05) is 6.04 Å². The Labute approximate surface area is 115 Å². The Kier molecular flexibility index (Phi) is 4.97. The maximum absolute atomic E-state index is 11.3. The SMILES string of the molecule is CCCCC(NC1CCc2ccccc2C1)C(=O)O. The predicted octanol–water partition coefficient (Wildman–Crippen LogP) is 2.78. The summed E-state index contributed by atoms with van der Waals surface area (Å²) < 4.78 is 0. The van der Waals surface area contributed by atoms with Gasteiger partial charge < -0.3 is 10.4 Å². The summed E-state index contributed by atoms with van der Waals surface area (Å²) in [5.41, 5.74) is 2.78. The Morgan fingerprint density at radius 2 is 2.16 bits per heavy atom. The van der Waals surface area contributed by atoms with Crippen LogP contribution in [0.4, 0.5) is 0 Å². The molecule has 2 atom stereocenters. The zero-order valence-electron chi connectivity index (χ0n) is 11.6. The topological polar surface area (TPSA) is 49.3 Å². The second kappa shape index (κ2) is 6.71. The van der Waals surface area contributed by atoms with Gasteiger partial charge in [0.2, 0.25) is 0 Å². The molecular weight excluding hydrogens is 238 g/mol. The second-order valence-corrected chi connectivity index (χ2v) is 5.41. The molecule has 0 aromatic heterocycles. The molecule has 1 aliphatic carbocycles. The van der Waals surface area contributed by atoms with Crippen LogP contribution in [-0.4, -0.2) is 23.2 Å². The average Bonchev–Trinajstić information content (AvgIpc) is 2.43. The molecule has 2 N–H and O–H groups in total. The fourth-order valence-corrected chi connectivity index (χ4v) is 2.81. The lowest BCUT2D eigenvalue weighted by atomic mass is 9.88. The van der Waals surface area contributed by atoms with E-state index in [1.165, 1.54) is 11.1 Å². The van der Waals surface area contributed by atoms with Crippen LogP contribution in [-0.2, 0) is 17.6 Å². The van der Waals surface area contributed by atoms with E-state index < -0.39 is 12.0 Å². The molecule has 0 fully saturated rings. The fourth-order valence-electron chi connectivity index (χ4n) is 2.81. The van der Waals surface area contributed by atoms with Gasteiger partial charge in [-0.05, 0) is 36.8 Å². The predicted molar refractivity (Wildman–Crippen MR) is 76.3 cm³/mol. The molecule has 2 unspecified atom stereocenters. The third-order valence-corrected chi connectivity index (χ3v) is 3.93. The first-order valence-electron chi connectivity index (χ1n) is 7.26. The second-order valence-electron chi connectivity index (χ2n) is 5.41. The Morgan fingerprint density at radius 3 is 2.84 bits per heavy atom. The number of aliphatic carboxylic acids is 1. The number of hydrogen-bond donors (Lipinski definition) is 2. The van der Waals surface area contributed by atoms with Crippen LogP contribution in [0.3, 0.4) is 0 Å². The van der Waals surface area contributed by atoms with Crippen LogP contribution in [0.1, 0.15) is 43.7 Å². The average molecular weight is 261 g/mol. The quantitative estimate of drug-likeness (QED) is 0.828. The van der Waals surface area contributed by atoms with Crippen molar-refractivity contribution in [1.82, 2.24) is 5.32 Å². The van der Waals surface area contributed by atoms with Crippen molar-refractivity contribution < 1.29 is 9.90 Å². The van der Waals surface area contributed by atoms with Gasteiger partial charge in [-0.15, -0.1) is 0 Å². The molecule has 0 bridgehead atoms. The van der Waals surface area contributed by atoms with Gasteiger partial charge >= 0.3 is 5.97 Å². The van der Waals surface area contributed by atoms with Gasteiger partial charge in [-0.2, -0.15) is 0 Å². The van der Waals surface area contributed by atoms with Crippen molar-refractivity contribution in [1.29, 1.82) is 0 Å². The number of nitrogens with one attached hydrogen (secondary N) is 1. The van der Waals surface area contributed by atoms with Gasteiger partial charge in [0.15, 0.2) is 0 Å². The van der Waals surface area contributed by atoms with Gasteiger partial charge in [-0.25, -0.2) is 0 Å². The Hall–Kier alpha value is -1.35. The summed E-state index contributed by atoms with van der Waals surface area (Å²) in [6.45, 7) is 2.09. The molecule has 0 aliphatic heterocycles. The van der Waals surface area contributed by atoms with Crippen LogP contribution in [0, 0.1) is 0 Å². The summed E-state index contributed by atoms with van der Waals surface area (Å²) in [5.74, 6) is -0.715. The number of hydrogen-bond acceptors (Lipinski definition) is 2. The minimum absolute atomic E-state index is 0.299. The first-order valence-corrected chi connectivity index (χ1v) is 7.26. The van der Waals surface area contributed by atoms with E-state index in [-0.39, 0.29) is 0 Å². The number of carbonyl (C=O) groups is 1. The Balaban J connectivity index is 1.94. The minimum Gasteiger partial charge on any atom is -0.480 e. The van der Waals surface area contributed by atoms with E-state index in [1.807, 2.05) is 0 Å². The molecule has 3 nitrogen and oxygen atoms in total. The van der Waals surface area contributed by atoms with Crippen molar-refractivity contribution in [3.05, 3.63) is 35.4 Å². The highest BCUT2D eigenvalue weighted by molar-refractivity contribution is 5.73. The number of carboxylic acid groups (broad SMARTS) is 1. The van der Waals surface area contributed by atoms with Gasteiger partial charge in [0.05, 0.1) is 0 Å². The molecule has 0 saturated heterocycles. The molecule has 3 heteroatoms. The molecule has 2 rings (SSSR count). The van der Waals surface area contributed by atoms with Crippen LogP contribution >= 0.6 is 0 Å². The zero-order valence-corrected chi connectivity index (χ0v) is 11.6. The van der Waals surface area contributed by atoms with Gasteiger partial charge in [0.25, 0.3) is 0 Å². The monoisotopic (exact) mass is 261 g/mol. The van der Waals surface area contributed by atoms with Crippen LogP contribution in [0.5, 0.6) is 0 Å². The Morgan fingerprint density at radius 1 is 1.42 bits per heavy atom. The zero-order chi connectivity index (χ0) is 13.7. The summed E-state index contributed by atoms with van der Waals surface area (Å²) in [4.78, 5) is 11.3. The molecular formula is C16H23NO2. The van der Waals surface area contributed by atoms with Crippen molar-refractivity contribution in [2.75, 3.05) is 0 Å². The lowest BCUT2D eigenvalue weighted by Gasteiger charge is -2.28. The number of carboxylic acids is 1. The van der Waals surface area contributed by atoms with E-state index in [2.05, 4.69) is 36.5 Å². The van der Waals surface area contributed by atoms with Crippen molar-refractivity contribution in [2.45, 2.75) is 57.5 Å². The largest absolute Gasteiger partial charge is 0.480 e. The van der Waals surface area contributed by atoms with Crippen molar-refractivity contribution in [2.24, 2.45) is 0 Å². The third-order valence-electron chi connectivity index (χ3n) is 3.93. The van der Waals surface area contributed by atoms with Crippen LogP contribution in [0.15, 0.2) is 24.3 Å². The number of aryl methyl sites for hydroxylation is 1. The molecule has 104 valence electrons. The van der Waals surface area contributed by atoms with E-state index >= 15 is 0 Å². The molecule has 0 saturated carbocycles. The molecule has 1 aliphatic rings. The summed E-state index contributed by atoms with van der Waals surface area (Å²) >= 11 is 0. The van der Waals surface area contributed by atoms with Crippen molar-refractivity contribution >= 4 is 5.97 Å². The van der Waals surface area contributed by atoms with Gasteiger partial charge in [0.1, 0.15) is 6.04 Å². The van der Waals surface area contributed by atoms with Crippen LogP contribution in [0.25, 0.3) is 0 Å². The van der Waals surface area contributed by atoms with Gasteiger partial charge in [-0.3, -0.25) is 4.79 Å². The number of rotatable bonds is 6. The van der Waals surface area contributed by atoms with E-state index in [0.717, 1.165) is 38.5 Å². The molecule has 0 radical (unpaired) electrons. The number of fused-ring (bicyclic) bond motifs is 1. The highest BCUT2D eigenvalue weighted by Crippen LogP contribution is 2.21. The molecule has 1 aromatic rings. The molecule has 1 aromatic carbocycles. The summed E-state index contributed by atoms with van der Waals surface area (Å²) in [6, 6.07) is 8.38.